The summed E-state index contributed by atoms with van der Waals surface area (Å²) >= 11 is 3.04. The van der Waals surface area contributed by atoms with E-state index in [1.54, 1.807) is 16.7 Å². The molecule has 8 heteroatoms. The first kappa shape index (κ1) is 21.6. The molecule has 6 nitrogen and oxygen atoms in total. The van der Waals surface area contributed by atoms with E-state index in [1.807, 2.05) is 31.2 Å². The second kappa shape index (κ2) is 8.13. The number of ketones is 1. The van der Waals surface area contributed by atoms with E-state index in [0.29, 0.717) is 34.9 Å². The first-order valence-corrected chi connectivity index (χ1v) is 12.0. The van der Waals surface area contributed by atoms with Crippen molar-refractivity contribution in [3.8, 4) is 6.07 Å². The molecule has 0 fully saturated rings. The Bertz CT molecular complexity index is 1150. The van der Waals surface area contributed by atoms with Crippen LogP contribution in [0.3, 0.4) is 0 Å². The molecular weight excluding hydrogens is 426 g/mol. The van der Waals surface area contributed by atoms with Crippen molar-refractivity contribution in [2.24, 2.45) is 11.1 Å². The fourth-order valence-electron chi connectivity index (χ4n) is 4.39. The van der Waals surface area contributed by atoms with Gasteiger partial charge in [-0.05, 0) is 30.1 Å². The molecule has 0 amide bonds. The second-order valence-electron chi connectivity index (χ2n) is 8.68. The number of nitriles is 1. The summed E-state index contributed by atoms with van der Waals surface area (Å²) in [7, 11) is 0. The van der Waals surface area contributed by atoms with Crippen molar-refractivity contribution in [2.75, 3.05) is 10.7 Å². The number of Topliss-reactive ketones (excluding diaryl/α,β-unsaturated/α-hetero) is 1. The smallest absolute Gasteiger partial charge is 0.219 e. The Hall–Kier alpha value is -2.63. The van der Waals surface area contributed by atoms with E-state index < -0.39 is 5.92 Å². The van der Waals surface area contributed by atoms with E-state index in [9.17, 15) is 10.1 Å². The van der Waals surface area contributed by atoms with Gasteiger partial charge in [0.25, 0.3) is 0 Å². The molecule has 0 bridgehead atoms. The lowest BCUT2D eigenvalue weighted by Gasteiger charge is -2.42. The number of thioether (sulfide) groups is 1. The molecule has 4 rings (SSSR count). The largest absolute Gasteiger partial charge is 0.384 e. The Kier molecular flexibility index (Phi) is 5.67. The van der Waals surface area contributed by atoms with E-state index in [4.69, 9.17) is 5.73 Å². The monoisotopic (exact) mass is 451 g/mol. The zero-order chi connectivity index (χ0) is 22.3. The minimum absolute atomic E-state index is 0.0654. The van der Waals surface area contributed by atoms with Crippen LogP contribution in [0.4, 0.5) is 5.13 Å². The lowest BCUT2D eigenvalue weighted by molar-refractivity contribution is -0.118. The van der Waals surface area contributed by atoms with Crippen molar-refractivity contribution in [2.45, 2.75) is 50.8 Å². The summed E-state index contributed by atoms with van der Waals surface area (Å²) in [4.78, 5) is 15.3. The number of carbonyl (C=O) groups is 1. The predicted octanol–water partition coefficient (Wildman–Crippen LogP) is 4.90. The number of nitrogens with zero attached hydrogens (tertiary/aromatic N) is 4. The highest BCUT2D eigenvalue weighted by molar-refractivity contribution is 8.01. The maximum atomic E-state index is 13.5. The first-order valence-electron chi connectivity index (χ1n) is 10.2. The Labute approximate surface area is 190 Å². The molecule has 2 aliphatic rings. The van der Waals surface area contributed by atoms with Crippen molar-refractivity contribution in [3.05, 3.63) is 58.1 Å². The van der Waals surface area contributed by atoms with Gasteiger partial charge in [0.15, 0.2) is 10.1 Å². The maximum absolute atomic E-state index is 13.5. The quantitative estimate of drug-likeness (QED) is 0.661. The van der Waals surface area contributed by atoms with E-state index in [2.05, 4.69) is 37.0 Å². The van der Waals surface area contributed by atoms with E-state index in [0.717, 1.165) is 26.9 Å². The summed E-state index contributed by atoms with van der Waals surface area (Å²) in [6, 6.07) is 10.3. The molecule has 0 saturated heterocycles. The fraction of sp³-hybridized carbons (Fsp3) is 0.391. The van der Waals surface area contributed by atoms with Gasteiger partial charge in [-0.15, -0.1) is 10.2 Å². The number of rotatable bonds is 4. The standard InChI is InChI=1S/C23H25N5OS2/c1-5-30-22-27-26-21(31-22)28-16-10-23(3,4)11-17(29)19(16)18(15(12-24)20(28)25)14-8-6-7-13(2)9-14/h6-9,18H,5,10-11,25H2,1-4H3. The molecule has 2 aromatic rings. The van der Waals surface area contributed by atoms with Crippen molar-refractivity contribution < 1.29 is 4.79 Å². The molecule has 1 aromatic heterocycles. The summed E-state index contributed by atoms with van der Waals surface area (Å²) in [6.45, 7) is 8.25. The van der Waals surface area contributed by atoms with Gasteiger partial charge >= 0.3 is 0 Å². The normalized spacial score (nSPS) is 20.7. The molecule has 2 heterocycles. The second-order valence-corrected chi connectivity index (χ2v) is 11.1. The Morgan fingerprint density at radius 2 is 2.13 bits per heavy atom. The number of nitrogens with two attached hydrogens (primary N) is 1. The number of aryl methyl sites for hydroxylation is 1. The van der Waals surface area contributed by atoms with Gasteiger partial charge < -0.3 is 5.73 Å². The van der Waals surface area contributed by atoms with Crippen LogP contribution in [0.15, 0.2) is 51.3 Å². The van der Waals surface area contributed by atoms with Crippen LogP contribution in [0.1, 0.15) is 50.7 Å². The average molecular weight is 452 g/mol. The zero-order valence-electron chi connectivity index (χ0n) is 18.1. The molecule has 0 saturated carbocycles. The number of allylic oxidation sites excluding steroid dienone is 3. The molecule has 1 atom stereocenters. The third-order valence-electron chi connectivity index (χ3n) is 5.61. The topological polar surface area (TPSA) is 95.9 Å². The van der Waals surface area contributed by atoms with Gasteiger partial charge in [0, 0.05) is 17.7 Å². The Balaban J connectivity index is 1.95. The van der Waals surface area contributed by atoms with Crippen molar-refractivity contribution >= 4 is 34.0 Å². The molecular formula is C23H25N5OS2. The van der Waals surface area contributed by atoms with Gasteiger partial charge in [0.05, 0.1) is 17.6 Å². The number of hydrogen-bond donors (Lipinski definition) is 1. The van der Waals surface area contributed by atoms with Crippen LogP contribution in [-0.4, -0.2) is 21.7 Å². The zero-order valence-corrected chi connectivity index (χ0v) is 19.7. The van der Waals surface area contributed by atoms with Crippen molar-refractivity contribution in [1.29, 1.82) is 5.26 Å². The molecule has 1 aliphatic carbocycles. The van der Waals surface area contributed by atoms with Gasteiger partial charge in [-0.25, -0.2) is 0 Å². The molecule has 1 unspecified atom stereocenters. The number of anilines is 1. The van der Waals surface area contributed by atoms with E-state index in [-0.39, 0.29) is 11.2 Å². The minimum Gasteiger partial charge on any atom is -0.384 e. The van der Waals surface area contributed by atoms with Crippen LogP contribution in [-0.2, 0) is 4.79 Å². The van der Waals surface area contributed by atoms with Gasteiger partial charge in [-0.3, -0.25) is 9.69 Å². The van der Waals surface area contributed by atoms with Crippen molar-refractivity contribution in [3.63, 3.8) is 0 Å². The average Bonchev–Trinajstić information content (AvgIpc) is 3.14. The number of benzene rings is 1. The minimum atomic E-state index is -0.461. The highest BCUT2D eigenvalue weighted by Crippen LogP contribution is 2.50. The Morgan fingerprint density at radius 3 is 2.81 bits per heavy atom. The van der Waals surface area contributed by atoms with E-state index >= 15 is 0 Å². The van der Waals surface area contributed by atoms with Crippen LogP contribution in [0.5, 0.6) is 0 Å². The maximum Gasteiger partial charge on any atom is 0.219 e. The van der Waals surface area contributed by atoms with Gasteiger partial charge in [-0.2, -0.15) is 5.26 Å². The summed E-state index contributed by atoms with van der Waals surface area (Å²) in [5.74, 6) is 0.827. The van der Waals surface area contributed by atoms with Gasteiger partial charge in [0.1, 0.15) is 5.82 Å². The van der Waals surface area contributed by atoms with Crippen LogP contribution in [0.2, 0.25) is 0 Å². The van der Waals surface area contributed by atoms with Gasteiger partial charge in [0.2, 0.25) is 5.13 Å². The summed E-state index contributed by atoms with van der Waals surface area (Å²) < 4.78 is 0.841. The van der Waals surface area contributed by atoms with E-state index in [1.165, 1.54) is 11.3 Å². The number of hydrogen-bond acceptors (Lipinski definition) is 8. The third kappa shape index (κ3) is 3.88. The number of carbonyl (C=O) groups excluding carboxylic acids is 1. The summed E-state index contributed by atoms with van der Waals surface area (Å²) in [5.41, 5.74) is 10.3. The highest BCUT2D eigenvalue weighted by atomic mass is 32.2. The molecule has 160 valence electrons. The van der Waals surface area contributed by atoms with Crippen LogP contribution >= 0.6 is 23.1 Å². The molecule has 0 radical (unpaired) electrons. The third-order valence-corrected chi connectivity index (χ3v) is 7.54. The molecule has 31 heavy (non-hydrogen) atoms. The molecule has 0 spiro atoms. The predicted molar refractivity (Wildman–Crippen MR) is 125 cm³/mol. The lowest BCUT2D eigenvalue weighted by atomic mass is 9.68. The van der Waals surface area contributed by atoms with Crippen molar-refractivity contribution in [1.82, 2.24) is 10.2 Å². The van der Waals surface area contributed by atoms with Gasteiger partial charge in [-0.1, -0.05) is 73.7 Å². The fourth-order valence-corrected chi connectivity index (χ4v) is 6.16. The molecule has 1 aliphatic heterocycles. The van der Waals surface area contributed by atoms with Crippen LogP contribution in [0.25, 0.3) is 0 Å². The summed E-state index contributed by atoms with van der Waals surface area (Å²) in [6.07, 6.45) is 1.11. The number of aromatic nitrogens is 2. The highest BCUT2D eigenvalue weighted by Gasteiger charge is 2.45. The van der Waals surface area contributed by atoms with Crippen LogP contribution in [0, 0.1) is 23.7 Å². The molecule has 1 aromatic carbocycles. The van der Waals surface area contributed by atoms with Crippen LogP contribution < -0.4 is 10.6 Å². The SMILES string of the molecule is CCSc1nnc(N2C(N)=C(C#N)C(c3cccc(C)c3)C3=C2CC(C)(C)CC3=O)s1. The Morgan fingerprint density at radius 1 is 1.35 bits per heavy atom. The first-order chi connectivity index (χ1) is 14.8. The summed E-state index contributed by atoms with van der Waals surface area (Å²) in [5, 5.41) is 19.3. The molecule has 2 N–H and O–H groups in total. The lowest BCUT2D eigenvalue weighted by Crippen LogP contribution is -2.42.